The van der Waals surface area contributed by atoms with Gasteiger partial charge in [-0.3, -0.25) is 0 Å². The van der Waals surface area contributed by atoms with Crippen molar-refractivity contribution in [1.29, 1.82) is 0 Å². The van der Waals surface area contributed by atoms with Crippen LogP contribution in [0, 0.1) is 11.7 Å². The third-order valence-electron chi connectivity index (χ3n) is 2.26. The molecule has 0 fully saturated rings. The molecule has 0 saturated carbocycles. The third-order valence-corrected chi connectivity index (χ3v) is 2.26. The lowest BCUT2D eigenvalue weighted by atomic mass is 10.1. The number of unbranched alkanes of at least 4 members (excludes halogenated alkanes) is 1. The fourth-order valence-electron chi connectivity index (χ4n) is 1.40. The molecule has 0 atom stereocenters. The van der Waals surface area contributed by atoms with Crippen LogP contribution in [0.5, 0.6) is 0 Å². The minimum Gasteiger partial charge on any atom is -0.368 e. The highest BCUT2D eigenvalue weighted by atomic mass is 19.1. The lowest BCUT2D eigenvalue weighted by Gasteiger charge is -2.07. The first-order valence-electron chi connectivity index (χ1n) is 5.54. The van der Waals surface area contributed by atoms with Crippen LogP contribution < -0.4 is 5.32 Å². The van der Waals surface area contributed by atoms with Gasteiger partial charge in [0.15, 0.2) is 11.6 Å². The van der Waals surface area contributed by atoms with E-state index in [1.807, 2.05) is 0 Å². The van der Waals surface area contributed by atoms with Crippen molar-refractivity contribution in [2.75, 3.05) is 11.9 Å². The van der Waals surface area contributed by atoms with Gasteiger partial charge in [0.05, 0.1) is 0 Å². The van der Waals surface area contributed by atoms with Gasteiger partial charge in [0.25, 0.3) is 0 Å². The van der Waals surface area contributed by atoms with Crippen LogP contribution in [-0.2, 0) is 0 Å². The van der Waals surface area contributed by atoms with Crippen LogP contribution in [-0.4, -0.2) is 11.5 Å². The summed E-state index contributed by atoms with van der Waals surface area (Å²) < 4.78 is 13.1. The van der Waals surface area contributed by atoms with E-state index in [2.05, 4.69) is 24.1 Å². The molecule has 0 bridgehead atoms. The van der Waals surface area contributed by atoms with E-state index in [1.165, 1.54) is 18.9 Å². The molecule has 0 amide bonds. The lowest BCUT2D eigenvalue weighted by Crippen LogP contribution is -2.05. The Morgan fingerprint density at radius 2 is 2.20 bits per heavy atom. The van der Waals surface area contributed by atoms with Gasteiger partial charge < -0.3 is 5.32 Å². The van der Waals surface area contributed by atoms with Gasteiger partial charge in [-0.25, -0.2) is 9.37 Å². The highest BCUT2D eigenvalue weighted by Crippen LogP contribution is 2.10. The molecular formula is C12H19FN2. The normalized spacial score (nSPS) is 10.7. The van der Waals surface area contributed by atoms with Gasteiger partial charge in [0.2, 0.25) is 0 Å². The Labute approximate surface area is 90.9 Å². The summed E-state index contributed by atoms with van der Waals surface area (Å²) in [6.45, 7) is 5.22. The highest BCUT2D eigenvalue weighted by Gasteiger charge is 2.00. The quantitative estimate of drug-likeness (QED) is 0.727. The number of pyridine rings is 1. The number of nitrogens with zero attached hydrogens (tertiary/aromatic N) is 1. The Hall–Kier alpha value is -1.12. The van der Waals surface area contributed by atoms with E-state index in [9.17, 15) is 4.39 Å². The molecule has 1 aromatic rings. The minimum atomic E-state index is -0.277. The number of nitrogens with one attached hydrogen (secondary N) is 1. The van der Waals surface area contributed by atoms with Gasteiger partial charge in [-0.1, -0.05) is 26.7 Å². The van der Waals surface area contributed by atoms with Crippen LogP contribution in [0.25, 0.3) is 0 Å². The molecule has 15 heavy (non-hydrogen) atoms. The van der Waals surface area contributed by atoms with Gasteiger partial charge in [-0.15, -0.1) is 0 Å². The standard InChI is InChI=1S/C12H19FN2/c1-10(2)6-3-4-8-14-12-11(13)7-5-9-15-12/h5,7,9-10H,3-4,6,8H2,1-2H3,(H,14,15). The first-order valence-corrected chi connectivity index (χ1v) is 5.54. The van der Waals surface area contributed by atoms with Crippen molar-refractivity contribution in [2.24, 2.45) is 5.92 Å². The molecule has 0 aromatic carbocycles. The van der Waals surface area contributed by atoms with E-state index < -0.39 is 0 Å². The lowest BCUT2D eigenvalue weighted by molar-refractivity contribution is 0.543. The number of hydrogen-bond acceptors (Lipinski definition) is 2. The number of halogens is 1. The Bertz CT molecular complexity index is 287. The van der Waals surface area contributed by atoms with Gasteiger partial charge in [-0.05, 0) is 24.5 Å². The minimum absolute atomic E-state index is 0.277. The highest BCUT2D eigenvalue weighted by molar-refractivity contribution is 5.35. The van der Waals surface area contributed by atoms with Crippen molar-refractivity contribution in [3.63, 3.8) is 0 Å². The largest absolute Gasteiger partial charge is 0.368 e. The second-order valence-corrected chi connectivity index (χ2v) is 4.15. The first kappa shape index (κ1) is 12.0. The maximum absolute atomic E-state index is 13.1. The van der Waals surface area contributed by atoms with Crippen molar-refractivity contribution in [1.82, 2.24) is 4.98 Å². The number of hydrogen-bond donors (Lipinski definition) is 1. The molecule has 0 aliphatic heterocycles. The zero-order valence-corrected chi connectivity index (χ0v) is 9.46. The van der Waals surface area contributed by atoms with E-state index in [0.29, 0.717) is 5.82 Å². The van der Waals surface area contributed by atoms with Gasteiger partial charge in [0.1, 0.15) is 0 Å². The van der Waals surface area contributed by atoms with Crippen LogP contribution in [0.1, 0.15) is 33.1 Å². The fraction of sp³-hybridized carbons (Fsp3) is 0.583. The zero-order valence-electron chi connectivity index (χ0n) is 9.46. The van der Waals surface area contributed by atoms with Gasteiger partial charge >= 0.3 is 0 Å². The van der Waals surface area contributed by atoms with Crippen molar-refractivity contribution in [2.45, 2.75) is 33.1 Å². The van der Waals surface area contributed by atoms with Gasteiger partial charge in [-0.2, -0.15) is 0 Å². The molecular weight excluding hydrogens is 191 g/mol. The average Bonchev–Trinajstić information content (AvgIpc) is 2.20. The molecule has 0 aliphatic rings. The van der Waals surface area contributed by atoms with Crippen molar-refractivity contribution >= 4 is 5.82 Å². The van der Waals surface area contributed by atoms with E-state index in [4.69, 9.17) is 0 Å². The van der Waals surface area contributed by atoms with Crippen molar-refractivity contribution in [3.8, 4) is 0 Å². The zero-order chi connectivity index (χ0) is 11.1. The van der Waals surface area contributed by atoms with Crippen LogP contribution >= 0.6 is 0 Å². The number of anilines is 1. The fourth-order valence-corrected chi connectivity index (χ4v) is 1.40. The second kappa shape index (κ2) is 6.38. The molecule has 0 radical (unpaired) electrons. The average molecular weight is 210 g/mol. The van der Waals surface area contributed by atoms with Crippen molar-refractivity contribution in [3.05, 3.63) is 24.1 Å². The maximum Gasteiger partial charge on any atom is 0.165 e. The summed E-state index contributed by atoms with van der Waals surface area (Å²) in [6.07, 6.45) is 5.07. The Morgan fingerprint density at radius 1 is 1.40 bits per heavy atom. The summed E-state index contributed by atoms with van der Waals surface area (Å²) in [7, 11) is 0. The molecule has 1 aromatic heterocycles. The third kappa shape index (κ3) is 4.77. The molecule has 1 N–H and O–H groups in total. The predicted molar refractivity (Wildman–Crippen MR) is 61.4 cm³/mol. The molecule has 84 valence electrons. The molecule has 0 aliphatic carbocycles. The SMILES string of the molecule is CC(C)CCCCNc1ncccc1F. The predicted octanol–water partition coefficient (Wildman–Crippen LogP) is 3.46. The Balaban J connectivity index is 2.18. The van der Waals surface area contributed by atoms with Gasteiger partial charge in [0, 0.05) is 12.7 Å². The van der Waals surface area contributed by atoms with E-state index in [1.54, 1.807) is 12.3 Å². The molecule has 3 heteroatoms. The maximum atomic E-state index is 13.1. The van der Waals surface area contributed by atoms with Crippen LogP contribution in [0.2, 0.25) is 0 Å². The van der Waals surface area contributed by atoms with Crippen LogP contribution in [0.3, 0.4) is 0 Å². The summed E-state index contributed by atoms with van der Waals surface area (Å²) in [5.74, 6) is 0.833. The second-order valence-electron chi connectivity index (χ2n) is 4.15. The Morgan fingerprint density at radius 3 is 2.87 bits per heavy atom. The van der Waals surface area contributed by atoms with E-state index >= 15 is 0 Å². The van der Waals surface area contributed by atoms with E-state index in [0.717, 1.165) is 18.9 Å². The first-order chi connectivity index (χ1) is 7.20. The monoisotopic (exact) mass is 210 g/mol. The number of aromatic nitrogens is 1. The van der Waals surface area contributed by atoms with Crippen LogP contribution in [0.15, 0.2) is 18.3 Å². The molecule has 0 spiro atoms. The molecule has 2 nitrogen and oxygen atoms in total. The molecule has 1 rings (SSSR count). The van der Waals surface area contributed by atoms with E-state index in [-0.39, 0.29) is 5.82 Å². The van der Waals surface area contributed by atoms with Crippen molar-refractivity contribution < 1.29 is 4.39 Å². The summed E-state index contributed by atoms with van der Waals surface area (Å²) in [5, 5.41) is 3.00. The molecule has 0 unspecified atom stereocenters. The summed E-state index contributed by atoms with van der Waals surface area (Å²) in [5.41, 5.74) is 0. The topological polar surface area (TPSA) is 24.9 Å². The Kier molecular flexibility index (Phi) is 5.08. The number of rotatable bonds is 6. The molecule has 1 heterocycles. The summed E-state index contributed by atoms with van der Waals surface area (Å²) in [4.78, 5) is 3.92. The molecule has 0 saturated heterocycles. The smallest absolute Gasteiger partial charge is 0.165 e. The van der Waals surface area contributed by atoms with Crippen LogP contribution in [0.4, 0.5) is 10.2 Å². The summed E-state index contributed by atoms with van der Waals surface area (Å²) in [6, 6.07) is 3.02. The summed E-state index contributed by atoms with van der Waals surface area (Å²) >= 11 is 0.